The van der Waals surface area contributed by atoms with Crippen molar-refractivity contribution in [2.45, 2.75) is 6.42 Å². The maximum atomic E-state index is 8.60. The zero-order chi connectivity index (χ0) is 11.7. The van der Waals surface area contributed by atoms with Gasteiger partial charge in [0.2, 0.25) is 0 Å². The second-order valence-corrected chi connectivity index (χ2v) is 4.37. The van der Waals surface area contributed by atoms with Gasteiger partial charge in [-0.3, -0.25) is 0 Å². The minimum absolute atomic E-state index is 0.348. The molecule has 0 aliphatic heterocycles. The number of rotatable bonds is 2. The molecule has 2 heterocycles. The van der Waals surface area contributed by atoms with Crippen LogP contribution < -0.4 is 0 Å². The van der Waals surface area contributed by atoms with Crippen LogP contribution >= 0.6 is 11.3 Å². The summed E-state index contributed by atoms with van der Waals surface area (Å²) in [5.74, 6) is 0. The van der Waals surface area contributed by atoms with Crippen molar-refractivity contribution in [1.29, 1.82) is 5.26 Å². The fourth-order valence-electron chi connectivity index (χ4n) is 1.59. The van der Waals surface area contributed by atoms with Crippen LogP contribution in [0.1, 0.15) is 5.69 Å². The Kier molecular flexibility index (Phi) is 2.35. The summed E-state index contributed by atoms with van der Waals surface area (Å²) in [5, 5.41) is 11.4. The van der Waals surface area contributed by atoms with E-state index in [2.05, 4.69) is 16.0 Å². The van der Waals surface area contributed by atoms with Crippen LogP contribution in [-0.2, 0) is 6.42 Å². The predicted octanol–water partition coefficient (Wildman–Crippen LogP) is 3.02. The van der Waals surface area contributed by atoms with E-state index in [0.717, 1.165) is 27.4 Å². The van der Waals surface area contributed by atoms with Crippen molar-refractivity contribution in [3.8, 4) is 16.6 Å². The molecule has 0 amide bonds. The molecule has 0 bridgehead atoms. The Labute approximate surface area is 101 Å². The van der Waals surface area contributed by atoms with Gasteiger partial charge in [0.15, 0.2) is 12.0 Å². The number of hydrogen-bond acceptors (Lipinski definition) is 5. The van der Waals surface area contributed by atoms with E-state index in [1.165, 1.54) is 17.7 Å². The smallest absolute Gasteiger partial charge is 0.181 e. The molecular weight excluding hydrogens is 234 g/mol. The van der Waals surface area contributed by atoms with Crippen LogP contribution in [-0.4, -0.2) is 9.97 Å². The normalized spacial score (nSPS) is 10.5. The average molecular weight is 241 g/mol. The van der Waals surface area contributed by atoms with Crippen LogP contribution in [0.2, 0.25) is 0 Å². The van der Waals surface area contributed by atoms with Crippen LogP contribution in [0.25, 0.3) is 21.7 Å². The molecule has 82 valence electrons. The number of thiazole rings is 1. The van der Waals surface area contributed by atoms with E-state index in [0.29, 0.717) is 6.42 Å². The first-order chi connectivity index (χ1) is 8.36. The molecular formula is C12H7N3OS. The minimum atomic E-state index is 0.348. The van der Waals surface area contributed by atoms with Gasteiger partial charge < -0.3 is 4.42 Å². The largest absolute Gasteiger partial charge is 0.443 e. The van der Waals surface area contributed by atoms with Gasteiger partial charge in [0.1, 0.15) is 10.5 Å². The Balaban J connectivity index is 2.04. The molecule has 0 aliphatic rings. The van der Waals surface area contributed by atoms with E-state index < -0.39 is 0 Å². The molecule has 1 aromatic carbocycles. The molecule has 0 unspecified atom stereocenters. The molecule has 0 aliphatic carbocycles. The quantitative estimate of drug-likeness (QED) is 0.691. The number of nitriles is 1. The lowest BCUT2D eigenvalue weighted by molar-refractivity contribution is 0.602. The number of hydrogen-bond donors (Lipinski definition) is 0. The van der Waals surface area contributed by atoms with E-state index >= 15 is 0 Å². The number of fused-ring (bicyclic) bond motifs is 1. The molecule has 0 spiro atoms. The Morgan fingerprint density at radius 2 is 2.35 bits per heavy atom. The molecule has 17 heavy (non-hydrogen) atoms. The highest BCUT2D eigenvalue weighted by atomic mass is 32.1. The van der Waals surface area contributed by atoms with Crippen molar-refractivity contribution in [1.82, 2.24) is 9.97 Å². The molecule has 0 atom stereocenters. The predicted molar refractivity (Wildman–Crippen MR) is 64.4 cm³/mol. The third kappa shape index (κ3) is 1.79. The van der Waals surface area contributed by atoms with Crippen molar-refractivity contribution in [3.63, 3.8) is 0 Å². The summed E-state index contributed by atoms with van der Waals surface area (Å²) in [4.78, 5) is 8.46. The molecule has 2 aromatic heterocycles. The van der Waals surface area contributed by atoms with Gasteiger partial charge >= 0.3 is 0 Å². The highest BCUT2D eigenvalue weighted by Gasteiger charge is 2.07. The Morgan fingerprint density at radius 3 is 3.24 bits per heavy atom. The van der Waals surface area contributed by atoms with Gasteiger partial charge in [0.05, 0.1) is 18.2 Å². The first-order valence-corrected chi connectivity index (χ1v) is 5.90. The molecule has 0 fully saturated rings. The van der Waals surface area contributed by atoms with Gasteiger partial charge in [0, 0.05) is 10.9 Å². The molecule has 0 radical (unpaired) electrons. The number of benzene rings is 1. The average Bonchev–Trinajstić information content (AvgIpc) is 2.96. The fraction of sp³-hybridized carbons (Fsp3) is 0.0833. The Hall–Kier alpha value is -2.19. The molecule has 0 saturated heterocycles. The van der Waals surface area contributed by atoms with Crippen molar-refractivity contribution in [2.24, 2.45) is 0 Å². The highest BCUT2D eigenvalue weighted by molar-refractivity contribution is 7.13. The van der Waals surface area contributed by atoms with Crippen molar-refractivity contribution < 1.29 is 4.42 Å². The molecule has 3 aromatic rings. The molecule has 5 heteroatoms. The van der Waals surface area contributed by atoms with Gasteiger partial charge in [-0.2, -0.15) is 5.26 Å². The standard InChI is InChI=1S/C12H7N3OS/c13-4-3-9-6-17-12(15-9)8-1-2-10-11(5-8)16-7-14-10/h1-2,5-7H,3H2. The van der Waals surface area contributed by atoms with E-state index in [-0.39, 0.29) is 0 Å². The van der Waals surface area contributed by atoms with Crippen molar-refractivity contribution >= 4 is 22.4 Å². The van der Waals surface area contributed by atoms with Gasteiger partial charge in [-0.25, -0.2) is 9.97 Å². The summed E-state index contributed by atoms with van der Waals surface area (Å²) in [6.07, 6.45) is 1.78. The SMILES string of the molecule is N#CCc1csc(-c2ccc3ncoc3c2)n1. The Morgan fingerprint density at radius 1 is 1.41 bits per heavy atom. The molecule has 0 saturated carbocycles. The summed E-state index contributed by atoms with van der Waals surface area (Å²) in [5.41, 5.74) is 3.38. The first kappa shape index (κ1) is 10.00. The minimum Gasteiger partial charge on any atom is -0.443 e. The van der Waals surface area contributed by atoms with Gasteiger partial charge in [0.25, 0.3) is 0 Å². The van der Waals surface area contributed by atoms with Crippen LogP contribution in [0.5, 0.6) is 0 Å². The zero-order valence-electron chi connectivity index (χ0n) is 8.75. The second kappa shape index (κ2) is 4.00. The molecule has 0 N–H and O–H groups in total. The fourth-order valence-corrected chi connectivity index (χ4v) is 2.41. The van der Waals surface area contributed by atoms with E-state index in [9.17, 15) is 0 Å². The lowest BCUT2D eigenvalue weighted by Crippen LogP contribution is -1.81. The second-order valence-electron chi connectivity index (χ2n) is 3.51. The summed E-state index contributed by atoms with van der Waals surface area (Å²) >= 11 is 1.53. The lowest BCUT2D eigenvalue weighted by atomic mass is 10.2. The zero-order valence-corrected chi connectivity index (χ0v) is 9.57. The number of nitrogens with zero attached hydrogens (tertiary/aromatic N) is 3. The summed E-state index contributed by atoms with van der Waals surface area (Å²) in [6, 6.07) is 7.86. The van der Waals surface area contributed by atoms with Gasteiger partial charge in [-0.1, -0.05) is 0 Å². The first-order valence-electron chi connectivity index (χ1n) is 5.02. The lowest BCUT2D eigenvalue weighted by Gasteiger charge is -1.94. The molecule has 4 nitrogen and oxygen atoms in total. The van der Waals surface area contributed by atoms with Crippen molar-refractivity contribution in [2.75, 3.05) is 0 Å². The van der Waals surface area contributed by atoms with Crippen LogP contribution in [0, 0.1) is 11.3 Å². The third-order valence-electron chi connectivity index (χ3n) is 2.39. The van der Waals surface area contributed by atoms with E-state index in [4.69, 9.17) is 9.68 Å². The summed E-state index contributed by atoms with van der Waals surface area (Å²) < 4.78 is 5.25. The van der Waals surface area contributed by atoms with E-state index in [1.807, 2.05) is 23.6 Å². The maximum absolute atomic E-state index is 8.60. The highest BCUT2D eigenvalue weighted by Crippen LogP contribution is 2.26. The maximum Gasteiger partial charge on any atom is 0.181 e. The topological polar surface area (TPSA) is 62.7 Å². The van der Waals surface area contributed by atoms with Gasteiger partial charge in [-0.15, -0.1) is 11.3 Å². The number of aromatic nitrogens is 2. The third-order valence-corrected chi connectivity index (χ3v) is 3.33. The van der Waals surface area contributed by atoms with E-state index in [1.54, 1.807) is 0 Å². The van der Waals surface area contributed by atoms with Crippen LogP contribution in [0.15, 0.2) is 34.4 Å². The summed E-state index contributed by atoms with van der Waals surface area (Å²) in [6.45, 7) is 0. The number of oxazole rings is 1. The molecule has 3 rings (SSSR count). The van der Waals surface area contributed by atoms with Gasteiger partial charge in [-0.05, 0) is 18.2 Å². The Bertz CT molecular complexity index is 708. The van der Waals surface area contributed by atoms with Crippen LogP contribution in [0.4, 0.5) is 0 Å². The van der Waals surface area contributed by atoms with Crippen molar-refractivity contribution in [3.05, 3.63) is 35.7 Å². The summed E-state index contributed by atoms with van der Waals surface area (Å²) in [7, 11) is 0. The van der Waals surface area contributed by atoms with Crippen LogP contribution in [0.3, 0.4) is 0 Å². The monoisotopic (exact) mass is 241 g/mol.